The lowest BCUT2D eigenvalue weighted by Crippen LogP contribution is -2.11. The van der Waals surface area contributed by atoms with Gasteiger partial charge in [0.2, 0.25) is 0 Å². The molecule has 0 aliphatic carbocycles. The van der Waals surface area contributed by atoms with E-state index in [4.69, 9.17) is 10.2 Å². The van der Waals surface area contributed by atoms with E-state index in [9.17, 15) is 0 Å². The van der Waals surface area contributed by atoms with Crippen LogP contribution in [0.5, 0.6) is 0 Å². The maximum Gasteiger partial charge on any atom is 0.106 e. The van der Waals surface area contributed by atoms with Crippen LogP contribution in [0.3, 0.4) is 0 Å². The average molecular weight is 251 g/mol. The summed E-state index contributed by atoms with van der Waals surface area (Å²) in [5.41, 5.74) is 8.54. The molecule has 0 radical (unpaired) electrons. The molecule has 2 nitrogen and oxygen atoms in total. The highest BCUT2D eigenvalue weighted by Crippen LogP contribution is 2.27. The second kappa shape index (κ2) is 4.56. The highest BCUT2D eigenvalue weighted by molar-refractivity contribution is 5.83. The standard InChI is InChI=1S/C17H17NO/c1-11-9-16(12(2)19-11)17(18)15-8-7-13-5-3-4-6-14(13)10-15/h3-10,17H,18H2,1-2H3. The van der Waals surface area contributed by atoms with Gasteiger partial charge in [-0.15, -0.1) is 0 Å². The van der Waals surface area contributed by atoms with E-state index in [1.165, 1.54) is 10.8 Å². The Labute approximate surface area is 112 Å². The van der Waals surface area contributed by atoms with Gasteiger partial charge >= 0.3 is 0 Å². The molecule has 3 aromatic rings. The summed E-state index contributed by atoms with van der Waals surface area (Å²) in [4.78, 5) is 0. The van der Waals surface area contributed by atoms with E-state index < -0.39 is 0 Å². The summed E-state index contributed by atoms with van der Waals surface area (Å²) in [6.45, 7) is 3.91. The quantitative estimate of drug-likeness (QED) is 0.744. The minimum atomic E-state index is -0.137. The summed E-state index contributed by atoms with van der Waals surface area (Å²) in [5, 5.41) is 2.45. The van der Waals surface area contributed by atoms with Crippen LogP contribution < -0.4 is 5.73 Å². The molecule has 0 aliphatic heterocycles. The minimum Gasteiger partial charge on any atom is -0.466 e. The van der Waals surface area contributed by atoms with Crippen LogP contribution in [0.2, 0.25) is 0 Å². The van der Waals surface area contributed by atoms with Crippen molar-refractivity contribution in [3.8, 4) is 0 Å². The smallest absolute Gasteiger partial charge is 0.106 e. The molecule has 1 heterocycles. The second-order valence-electron chi connectivity index (χ2n) is 4.95. The number of furan rings is 1. The van der Waals surface area contributed by atoms with E-state index >= 15 is 0 Å². The molecule has 0 spiro atoms. The van der Waals surface area contributed by atoms with Gasteiger partial charge in [0.15, 0.2) is 0 Å². The fraction of sp³-hybridized carbons (Fsp3) is 0.176. The molecule has 0 saturated carbocycles. The van der Waals surface area contributed by atoms with E-state index in [2.05, 4.69) is 30.3 Å². The Hall–Kier alpha value is -2.06. The number of hydrogen-bond acceptors (Lipinski definition) is 2. The van der Waals surface area contributed by atoms with Crippen LogP contribution >= 0.6 is 0 Å². The van der Waals surface area contributed by atoms with Crippen LogP contribution in [-0.4, -0.2) is 0 Å². The maximum atomic E-state index is 6.36. The van der Waals surface area contributed by atoms with Gasteiger partial charge in [0, 0.05) is 5.56 Å². The number of rotatable bonds is 2. The molecule has 19 heavy (non-hydrogen) atoms. The van der Waals surface area contributed by atoms with Crippen molar-refractivity contribution < 1.29 is 4.42 Å². The Morgan fingerprint density at radius 1 is 0.947 bits per heavy atom. The summed E-state index contributed by atoms with van der Waals surface area (Å²) in [6, 6.07) is 16.6. The molecule has 0 bridgehead atoms. The predicted molar refractivity (Wildman–Crippen MR) is 78.2 cm³/mol. The molecular formula is C17H17NO. The normalized spacial score (nSPS) is 12.8. The Balaban J connectivity index is 2.06. The van der Waals surface area contributed by atoms with Gasteiger partial charge in [-0.3, -0.25) is 0 Å². The molecule has 0 saturated heterocycles. The van der Waals surface area contributed by atoms with Gasteiger partial charge < -0.3 is 10.2 Å². The van der Waals surface area contributed by atoms with Gasteiger partial charge in [0.05, 0.1) is 6.04 Å². The first-order valence-electron chi connectivity index (χ1n) is 6.46. The molecule has 2 heteroatoms. The first-order chi connectivity index (χ1) is 9.15. The van der Waals surface area contributed by atoms with Gasteiger partial charge in [-0.2, -0.15) is 0 Å². The van der Waals surface area contributed by atoms with Crippen LogP contribution in [0.4, 0.5) is 0 Å². The number of benzene rings is 2. The lowest BCUT2D eigenvalue weighted by Gasteiger charge is -2.12. The van der Waals surface area contributed by atoms with Crippen molar-refractivity contribution in [1.29, 1.82) is 0 Å². The van der Waals surface area contributed by atoms with E-state index in [-0.39, 0.29) is 6.04 Å². The molecule has 96 valence electrons. The number of aryl methyl sites for hydroxylation is 2. The third-order valence-corrected chi connectivity index (χ3v) is 3.55. The molecule has 2 N–H and O–H groups in total. The molecule has 0 aliphatic rings. The average Bonchev–Trinajstić information content (AvgIpc) is 2.76. The highest BCUT2D eigenvalue weighted by Gasteiger charge is 2.15. The molecule has 3 rings (SSSR count). The first kappa shape index (κ1) is 12.0. The van der Waals surface area contributed by atoms with Crippen molar-refractivity contribution in [2.75, 3.05) is 0 Å². The Bertz CT molecular complexity index is 727. The summed E-state index contributed by atoms with van der Waals surface area (Å²) in [7, 11) is 0. The van der Waals surface area contributed by atoms with Crippen molar-refractivity contribution in [3.05, 3.63) is 71.2 Å². The van der Waals surface area contributed by atoms with Crippen LogP contribution in [0.15, 0.2) is 52.9 Å². The zero-order valence-electron chi connectivity index (χ0n) is 11.2. The predicted octanol–water partition coefficient (Wildman–Crippen LogP) is 4.10. The molecule has 1 unspecified atom stereocenters. The minimum absolute atomic E-state index is 0.137. The molecule has 1 atom stereocenters. The van der Waals surface area contributed by atoms with Crippen LogP contribution in [0.25, 0.3) is 10.8 Å². The van der Waals surface area contributed by atoms with Crippen molar-refractivity contribution in [1.82, 2.24) is 0 Å². The van der Waals surface area contributed by atoms with E-state index in [1.807, 2.05) is 32.0 Å². The first-order valence-corrected chi connectivity index (χ1v) is 6.46. The van der Waals surface area contributed by atoms with Crippen LogP contribution in [-0.2, 0) is 0 Å². The lowest BCUT2D eigenvalue weighted by molar-refractivity contribution is 0.499. The zero-order chi connectivity index (χ0) is 13.4. The highest BCUT2D eigenvalue weighted by atomic mass is 16.3. The second-order valence-corrected chi connectivity index (χ2v) is 4.95. The fourth-order valence-corrected chi connectivity index (χ4v) is 2.54. The van der Waals surface area contributed by atoms with Gasteiger partial charge in [-0.25, -0.2) is 0 Å². The Morgan fingerprint density at radius 3 is 2.37 bits per heavy atom. The number of nitrogens with two attached hydrogens (primary N) is 1. The van der Waals surface area contributed by atoms with Gasteiger partial charge in [-0.1, -0.05) is 36.4 Å². The summed E-state index contributed by atoms with van der Waals surface area (Å²) in [6.07, 6.45) is 0. The Kier molecular flexibility index (Phi) is 2.88. The number of fused-ring (bicyclic) bond motifs is 1. The van der Waals surface area contributed by atoms with Crippen molar-refractivity contribution in [2.45, 2.75) is 19.9 Å². The number of hydrogen-bond donors (Lipinski definition) is 1. The molecule has 2 aromatic carbocycles. The van der Waals surface area contributed by atoms with Gasteiger partial charge in [0.1, 0.15) is 11.5 Å². The zero-order valence-corrected chi connectivity index (χ0v) is 11.2. The van der Waals surface area contributed by atoms with E-state index in [1.54, 1.807) is 0 Å². The monoisotopic (exact) mass is 251 g/mol. The molecule has 0 amide bonds. The van der Waals surface area contributed by atoms with Crippen LogP contribution in [0, 0.1) is 13.8 Å². The van der Waals surface area contributed by atoms with Gasteiger partial charge in [0.25, 0.3) is 0 Å². The van der Waals surface area contributed by atoms with Crippen molar-refractivity contribution in [2.24, 2.45) is 5.73 Å². The summed E-state index contributed by atoms with van der Waals surface area (Å²) in [5.74, 6) is 1.81. The summed E-state index contributed by atoms with van der Waals surface area (Å²) >= 11 is 0. The maximum absolute atomic E-state index is 6.36. The third kappa shape index (κ3) is 2.15. The van der Waals surface area contributed by atoms with Crippen molar-refractivity contribution >= 4 is 10.8 Å². The molecular weight excluding hydrogens is 234 g/mol. The summed E-state index contributed by atoms with van der Waals surface area (Å²) < 4.78 is 5.56. The molecule has 0 fully saturated rings. The fourth-order valence-electron chi connectivity index (χ4n) is 2.54. The van der Waals surface area contributed by atoms with E-state index in [0.29, 0.717) is 0 Å². The largest absolute Gasteiger partial charge is 0.466 e. The Morgan fingerprint density at radius 2 is 1.68 bits per heavy atom. The molecule has 1 aromatic heterocycles. The van der Waals surface area contributed by atoms with Crippen molar-refractivity contribution in [3.63, 3.8) is 0 Å². The van der Waals surface area contributed by atoms with Gasteiger partial charge in [-0.05, 0) is 42.3 Å². The van der Waals surface area contributed by atoms with Crippen LogP contribution in [0.1, 0.15) is 28.7 Å². The topological polar surface area (TPSA) is 39.2 Å². The SMILES string of the molecule is Cc1cc(C(N)c2ccc3ccccc3c2)c(C)o1. The van der Waals surface area contributed by atoms with E-state index in [0.717, 1.165) is 22.6 Å². The third-order valence-electron chi connectivity index (χ3n) is 3.55. The lowest BCUT2D eigenvalue weighted by atomic mass is 9.97.